The van der Waals surface area contributed by atoms with Gasteiger partial charge in [0.1, 0.15) is 5.57 Å². The van der Waals surface area contributed by atoms with Crippen molar-refractivity contribution in [1.82, 2.24) is 0 Å². The van der Waals surface area contributed by atoms with Gasteiger partial charge in [-0.15, -0.1) is 0 Å². The molecule has 0 aromatic heterocycles. The fourth-order valence-corrected chi connectivity index (χ4v) is 1.95. The molecule has 1 rings (SSSR count). The average Bonchev–Trinajstić information content (AvgIpc) is 2.66. The molecule has 21 heavy (non-hydrogen) atoms. The van der Waals surface area contributed by atoms with E-state index < -0.39 is 23.3 Å². The molecule has 0 radical (unpaired) electrons. The second-order valence-corrected chi connectivity index (χ2v) is 5.08. The number of carbonyl (C=O) groups is 2. The molecule has 0 fully saturated rings. The van der Waals surface area contributed by atoms with E-state index in [0.29, 0.717) is 0 Å². The molecule has 0 saturated heterocycles. The van der Waals surface area contributed by atoms with E-state index >= 15 is 0 Å². The lowest BCUT2D eigenvalue weighted by molar-refractivity contribution is -0.128. The third-order valence-corrected chi connectivity index (χ3v) is 3.03. The Balaban J connectivity index is 2.99. The molecule has 0 spiro atoms. The van der Waals surface area contributed by atoms with Crippen LogP contribution in [0.15, 0.2) is 35.8 Å². The van der Waals surface area contributed by atoms with Gasteiger partial charge in [-0.1, -0.05) is 25.2 Å². The van der Waals surface area contributed by atoms with Crippen molar-refractivity contribution in [2.45, 2.75) is 45.3 Å². The van der Waals surface area contributed by atoms with E-state index in [-0.39, 0.29) is 17.9 Å². The first kappa shape index (κ1) is 17.2. The van der Waals surface area contributed by atoms with Crippen LogP contribution < -0.4 is 0 Å². The van der Waals surface area contributed by atoms with Gasteiger partial charge in [-0.05, 0) is 26.3 Å². The summed E-state index contributed by atoms with van der Waals surface area (Å²) in [5, 5.41) is 9.30. The molecule has 5 nitrogen and oxygen atoms in total. The predicted molar refractivity (Wildman–Crippen MR) is 78.4 cm³/mol. The quantitative estimate of drug-likeness (QED) is 0.575. The summed E-state index contributed by atoms with van der Waals surface area (Å²) >= 11 is 0. The standard InChI is InChI=1S/C16H22O5/c1-5-6-7-8-9-16(3)14(19)13(15(20-4)21-16)12(18)10-11(2)17/h6-9,11,17H,5,10H2,1-4H3/b7-6+,9-8+/t11-,16+/m0/s1. The highest BCUT2D eigenvalue weighted by atomic mass is 16.7. The number of hydrogen-bond donors (Lipinski definition) is 1. The van der Waals surface area contributed by atoms with Crippen molar-refractivity contribution in [3.63, 3.8) is 0 Å². The Morgan fingerprint density at radius 2 is 2.14 bits per heavy atom. The number of methoxy groups -OCH3 is 1. The van der Waals surface area contributed by atoms with E-state index in [1.165, 1.54) is 14.0 Å². The van der Waals surface area contributed by atoms with Crippen molar-refractivity contribution >= 4 is 11.6 Å². The maximum atomic E-state index is 12.4. The van der Waals surface area contributed by atoms with Gasteiger partial charge in [-0.2, -0.15) is 0 Å². The largest absolute Gasteiger partial charge is 0.468 e. The average molecular weight is 294 g/mol. The van der Waals surface area contributed by atoms with Crippen LogP contribution in [0.2, 0.25) is 0 Å². The number of aliphatic hydroxyl groups is 1. The van der Waals surface area contributed by atoms with Crippen LogP contribution >= 0.6 is 0 Å². The zero-order valence-corrected chi connectivity index (χ0v) is 12.9. The molecular weight excluding hydrogens is 272 g/mol. The maximum Gasteiger partial charge on any atom is 0.295 e. The van der Waals surface area contributed by atoms with Gasteiger partial charge in [0.15, 0.2) is 11.4 Å². The molecule has 0 saturated carbocycles. The Hall–Kier alpha value is -1.88. The van der Waals surface area contributed by atoms with Crippen LogP contribution in [0, 0.1) is 0 Å². The minimum Gasteiger partial charge on any atom is -0.468 e. The molecule has 1 aliphatic heterocycles. The highest BCUT2D eigenvalue weighted by molar-refractivity contribution is 6.25. The van der Waals surface area contributed by atoms with Crippen molar-refractivity contribution in [1.29, 1.82) is 0 Å². The van der Waals surface area contributed by atoms with Gasteiger partial charge < -0.3 is 14.6 Å². The van der Waals surface area contributed by atoms with E-state index in [0.717, 1.165) is 6.42 Å². The Morgan fingerprint density at radius 1 is 1.48 bits per heavy atom. The van der Waals surface area contributed by atoms with Gasteiger partial charge in [0.25, 0.3) is 5.95 Å². The van der Waals surface area contributed by atoms with Crippen LogP contribution in [-0.4, -0.2) is 35.5 Å². The van der Waals surface area contributed by atoms with Crippen LogP contribution in [0.5, 0.6) is 0 Å². The van der Waals surface area contributed by atoms with E-state index in [1.54, 1.807) is 19.1 Å². The van der Waals surface area contributed by atoms with Crippen molar-refractivity contribution in [3.8, 4) is 0 Å². The summed E-state index contributed by atoms with van der Waals surface area (Å²) in [7, 11) is 1.34. The number of carbonyl (C=O) groups excluding carboxylic acids is 2. The maximum absolute atomic E-state index is 12.4. The van der Waals surface area contributed by atoms with Crippen LogP contribution in [0.25, 0.3) is 0 Å². The predicted octanol–water partition coefficient (Wildman–Crippen LogP) is 2.06. The number of hydrogen-bond acceptors (Lipinski definition) is 5. The summed E-state index contributed by atoms with van der Waals surface area (Å²) < 4.78 is 10.5. The number of ketones is 2. The van der Waals surface area contributed by atoms with Crippen LogP contribution in [0.4, 0.5) is 0 Å². The fourth-order valence-electron chi connectivity index (χ4n) is 1.95. The van der Waals surface area contributed by atoms with Gasteiger partial charge in [-0.3, -0.25) is 9.59 Å². The van der Waals surface area contributed by atoms with Gasteiger partial charge in [0.05, 0.1) is 13.2 Å². The summed E-state index contributed by atoms with van der Waals surface area (Å²) in [6.07, 6.45) is 6.95. The summed E-state index contributed by atoms with van der Waals surface area (Å²) in [5.74, 6) is -1.02. The SMILES string of the molecule is CC/C=C/C=C/[C@@]1(C)OC(OC)=C(C(=O)C[C@H](C)O)C1=O. The lowest BCUT2D eigenvalue weighted by Crippen LogP contribution is -2.33. The number of aliphatic hydroxyl groups excluding tert-OH is 1. The minimum absolute atomic E-state index is 0.0859. The lowest BCUT2D eigenvalue weighted by Gasteiger charge is -2.18. The molecule has 0 bridgehead atoms. The minimum atomic E-state index is -1.26. The molecule has 0 amide bonds. The monoisotopic (exact) mass is 294 g/mol. The van der Waals surface area contributed by atoms with Gasteiger partial charge in [0, 0.05) is 6.42 Å². The number of allylic oxidation sites excluding steroid dienone is 3. The number of ether oxygens (including phenoxy) is 2. The Labute approximate surface area is 124 Å². The topological polar surface area (TPSA) is 72.8 Å². The molecule has 5 heteroatoms. The summed E-state index contributed by atoms with van der Waals surface area (Å²) in [4.78, 5) is 24.5. The second kappa shape index (κ2) is 7.22. The van der Waals surface area contributed by atoms with Gasteiger partial charge in [-0.25, -0.2) is 0 Å². The van der Waals surface area contributed by atoms with Crippen molar-refractivity contribution < 1.29 is 24.2 Å². The highest BCUT2D eigenvalue weighted by Gasteiger charge is 2.47. The molecule has 116 valence electrons. The van der Waals surface area contributed by atoms with Crippen molar-refractivity contribution in [3.05, 3.63) is 35.8 Å². The first-order valence-electron chi connectivity index (χ1n) is 6.93. The van der Waals surface area contributed by atoms with Gasteiger partial charge in [0.2, 0.25) is 5.78 Å². The molecular formula is C16H22O5. The third kappa shape index (κ3) is 4.04. The summed E-state index contributed by atoms with van der Waals surface area (Å²) in [6.45, 7) is 5.06. The van der Waals surface area contributed by atoms with Crippen molar-refractivity contribution in [2.24, 2.45) is 0 Å². The molecule has 0 aromatic carbocycles. The molecule has 1 N–H and O–H groups in total. The smallest absolute Gasteiger partial charge is 0.295 e. The molecule has 0 aliphatic carbocycles. The van der Waals surface area contributed by atoms with Gasteiger partial charge >= 0.3 is 0 Å². The van der Waals surface area contributed by atoms with Crippen LogP contribution in [0.3, 0.4) is 0 Å². The Kier molecular flexibility index (Phi) is 5.90. The normalized spacial score (nSPS) is 24.0. The summed E-state index contributed by atoms with van der Waals surface area (Å²) in [5.41, 5.74) is -1.38. The molecule has 1 heterocycles. The first-order chi connectivity index (χ1) is 9.85. The van der Waals surface area contributed by atoms with E-state index in [9.17, 15) is 14.7 Å². The lowest BCUT2D eigenvalue weighted by atomic mass is 9.93. The van der Waals surface area contributed by atoms with Crippen molar-refractivity contribution in [2.75, 3.05) is 7.11 Å². The Bertz CT molecular complexity index is 499. The second-order valence-electron chi connectivity index (χ2n) is 5.08. The molecule has 2 atom stereocenters. The third-order valence-electron chi connectivity index (χ3n) is 3.03. The molecule has 0 aromatic rings. The molecule has 0 unspecified atom stereocenters. The molecule has 1 aliphatic rings. The first-order valence-corrected chi connectivity index (χ1v) is 6.93. The van der Waals surface area contributed by atoms with Crippen LogP contribution in [-0.2, 0) is 19.1 Å². The fraction of sp³-hybridized carbons (Fsp3) is 0.500. The zero-order chi connectivity index (χ0) is 16.0. The zero-order valence-electron chi connectivity index (χ0n) is 12.9. The number of Topliss-reactive ketones (excluding diaryl/α,β-unsaturated/α-hetero) is 2. The van der Waals surface area contributed by atoms with Crippen LogP contribution in [0.1, 0.15) is 33.6 Å². The summed E-state index contributed by atoms with van der Waals surface area (Å²) in [6, 6.07) is 0. The van der Waals surface area contributed by atoms with E-state index in [4.69, 9.17) is 9.47 Å². The number of rotatable bonds is 7. The Morgan fingerprint density at radius 3 is 2.67 bits per heavy atom. The van der Waals surface area contributed by atoms with E-state index in [1.807, 2.05) is 19.1 Å². The van der Waals surface area contributed by atoms with E-state index in [2.05, 4.69) is 0 Å². The highest BCUT2D eigenvalue weighted by Crippen LogP contribution is 2.33.